The van der Waals surface area contributed by atoms with Crippen LogP contribution in [0.15, 0.2) is 79.5 Å². The van der Waals surface area contributed by atoms with Gasteiger partial charge in [-0.05, 0) is 61.1 Å². The molecule has 19 heteroatoms. The molecule has 6 rings (SSSR count). The highest BCUT2D eigenvalue weighted by atomic mass is 19.4. The van der Waals surface area contributed by atoms with E-state index in [0.717, 1.165) is 12.5 Å². The van der Waals surface area contributed by atoms with Crippen molar-refractivity contribution < 1.29 is 41.8 Å². The van der Waals surface area contributed by atoms with Crippen LogP contribution >= 0.6 is 0 Å². The number of nitrogens with one attached hydrogen (secondary N) is 6. The van der Waals surface area contributed by atoms with Gasteiger partial charge in [-0.3, -0.25) is 14.4 Å². The van der Waals surface area contributed by atoms with Gasteiger partial charge in [0.15, 0.2) is 0 Å². The molecule has 5 aromatic rings. The molecule has 0 radical (unpaired) electrons. The number of carbonyl (C=O) groups excluding carboxylic acids is 4. The molecular formula is C40H43F3N10O6. The minimum Gasteiger partial charge on any atom is -0.453 e. The third kappa shape index (κ3) is 10.5. The molecule has 4 amide bonds. The van der Waals surface area contributed by atoms with Crippen LogP contribution in [-0.2, 0) is 9.53 Å². The van der Waals surface area contributed by atoms with E-state index in [1.165, 1.54) is 44.0 Å². The van der Waals surface area contributed by atoms with Gasteiger partial charge in [0, 0.05) is 42.6 Å². The third-order valence-electron chi connectivity index (χ3n) is 9.55. The summed E-state index contributed by atoms with van der Waals surface area (Å²) < 4.78 is 50.0. The number of aromatic nitrogens is 5. The van der Waals surface area contributed by atoms with Crippen molar-refractivity contribution in [3.05, 3.63) is 96.6 Å². The number of methoxy groups -OCH3 is 1. The molecule has 1 aliphatic rings. The van der Waals surface area contributed by atoms with Crippen LogP contribution in [0.4, 0.5) is 29.5 Å². The Hall–Kier alpha value is -6.92. The molecule has 4 heterocycles. The summed E-state index contributed by atoms with van der Waals surface area (Å²) in [5, 5.41) is 11.1. The molecule has 59 heavy (non-hydrogen) atoms. The second-order valence-electron chi connectivity index (χ2n) is 14.2. The minimum atomic E-state index is -5.02. The summed E-state index contributed by atoms with van der Waals surface area (Å²) in [5.41, 5.74) is 2.40. The molecule has 2 aromatic carbocycles. The highest BCUT2D eigenvalue weighted by molar-refractivity contribution is 6.04. The maximum Gasteiger partial charge on any atom is 0.573 e. The monoisotopic (exact) mass is 816 g/mol. The molecule has 3 aromatic heterocycles. The number of benzene rings is 2. The number of hydrogen-bond acceptors (Lipinski definition) is 10. The van der Waals surface area contributed by atoms with Gasteiger partial charge >= 0.3 is 12.5 Å². The van der Waals surface area contributed by atoms with E-state index in [2.05, 4.69) is 50.9 Å². The van der Waals surface area contributed by atoms with Gasteiger partial charge in [0.1, 0.15) is 29.1 Å². The lowest BCUT2D eigenvalue weighted by molar-refractivity contribution is -0.274. The molecule has 0 aliphatic carbocycles. The second-order valence-corrected chi connectivity index (χ2v) is 14.2. The Labute approximate surface area is 336 Å². The van der Waals surface area contributed by atoms with Crippen LogP contribution in [0.1, 0.15) is 66.3 Å². The lowest BCUT2D eigenvalue weighted by Crippen LogP contribution is -2.51. The van der Waals surface area contributed by atoms with Gasteiger partial charge in [0.05, 0.1) is 43.1 Å². The van der Waals surface area contributed by atoms with Crippen molar-refractivity contribution in [3.63, 3.8) is 0 Å². The Morgan fingerprint density at radius 1 is 0.932 bits per heavy atom. The van der Waals surface area contributed by atoms with Gasteiger partial charge in [-0.25, -0.2) is 19.7 Å². The van der Waals surface area contributed by atoms with E-state index in [1.807, 2.05) is 13.8 Å². The number of H-pyrrole nitrogens is 2. The molecule has 1 saturated heterocycles. The summed E-state index contributed by atoms with van der Waals surface area (Å²) in [6.07, 6.45) is 1.45. The van der Waals surface area contributed by atoms with E-state index in [0.29, 0.717) is 53.7 Å². The molecule has 16 nitrogen and oxygen atoms in total. The molecule has 1 aliphatic heterocycles. The Morgan fingerprint density at radius 3 is 2.36 bits per heavy atom. The summed E-state index contributed by atoms with van der Waals surface area (Å²) in [6, 6.07) is 12.4. The SMILES string of the molecule is COC(=O)N[C@H](C(=O)N1CCC[C@H]1c1ncc(-c2ccc(-c3ccc(NC(=O)c4ccc(NC[C@H](C)NC(=O)c5cnc[nH]5)nc4)cc3OC(F)(F)F)cc2)[nH]1)C(C)C. The first kappa shape index (κ1) is 41.7. The third-order valence-corrected chi connectivity index (χ3v) is 9.55. The summed E-state index contributed by atoms with van der Waals surface area (Å²) in [4.78, 5) is 71.0. The fraction of sp³-hybridized carbons (Fsp3) is 0.325. The summed E-state index contributed by atoms with van der Waals surface area (Å²) in [5.74, 6) is -0.873. The van der Waals surface area contributed by atoms with Crippen LogP contribution in [0, 0.1) is 5.92 Å². The Balaban J connectivity index is 1.11. The van der Waals surface area contributed by atoms with Crippen molar-refractivity contribution in [3.8, 4) is 28.1 Å². The highest BCUT2D eigenvalue weighted by Crippen LogP contribution is 2.38. The van der Waals surface area contributed by atoms with Gasteiger partial charge in [-0.15, -0.1) is 13.2 Å². The first-order valence-corrected chi connectivity index (χ1v) is 18.7. The lowest BCUT2D eigenvalue weighted by Gasteiger charge is -2.30. The predicted molar refractivity (Wildman–Crippen MR) is 210 cm³/mol. The number of halogens is 3. The zero-order valence-corrected chi connectivity index (χ0v) is 32.5. The van der Waals surface area contributed by atoms with E-state index in [1.54, 1.807) is 48.4 Å². The van der Waals surface area contributed by atoms with E-state index in [4.69, 9.17) is 4.74 Å². The average Bonchev–Trinajstić information content (AvgIpc) is 4.02. The van der Waals surface area contributed by atoms with E-state index >= 15 is 0 Å². The topological polar surface area (TPSA) is 208 Å². The first-order chi connectivity index (χ1) is 28.2. The maximum atomic E-state index is 13.6. The van der Waals surface area contributed by atoms with Gasteiger partial charge < -0.3 is 45.6 Å². The van der Waals surface area contributed by atoms with Gasteiger partial charge in [0.25, 0.3) is 11.8 Å². The normalized spacial score (nSPS) is 15.0. The number of ether oxygens (including phenoxy) is 2. The minimum absolute atomic E-state index is 0.0591. The second kappa shape index (κ2) is 18.1. The van der Waals surface area contributed by atoms with Crippen LogP contribution in [0.5, 0.6) is 5.75 Å². The number of aromatic amines is 2. The van der Waals surface area contributed by atoms with Crippen molar-refractivity contribution in [2.75, 3.05) is 30.8 Å². The Morgan fingerprint density at radius 2 is 1.69 bits per heavy atom. The number of anilines is 2. The molecule has 310 valence electrons. The van der Waals surface area contributed by atoms with Crippen LogP contribution in [-0.4, -0.2) is 92.3 Å². The van der Waals surface area contributed by atoms with E-state index in [9.17, 15) is 32.3 Å². The lowest BCUT2D eigenvalue weighted by atomic mass is 10.0. The standard InChI is InChI=1S/C40H43F3N10O6/c1-22(2)34(52-39(57)58-4)38(56)53-15-5-6-31(53)35-47-20-29(51-35)25-9-7-24(8-10-25)28-13-12-27(16-32(28)59-40(41,42)43)50-36(54)26-11-14-33(46-18-26)45-17-23(3)49-37(55)30-19-44-21-48-30/h7-14,16,18-23,31,34H,5-6,15,17H2,1-4H3,(H,44,48)(H,45,46)(H,47,51)(H,49,55)(H,50,54)(H,52,57)/t23-,31-,34-/m0/s1. The van der Waals surface area contributed by atoms with Crippen molar-refractivity contribution in [1.29, 1.82) is 0 Å². The number of alkyl halides is 3. The summed E-state index contributed by atoms with van der Waals surface area (Å²) >= 11 is 0. The smallest absolute Gasteiger partial charge is 0.453 e. The molecule has 0 spiro atoms. The van der Waals surface area contributed by atoms with Crippen LogP contribution in [0.25, 0.3) is 22.4 Å². The van der Waals surface area contributed by atoms with Crippen LogP contribution < -0.4 is 26.0 Å². The number of alkyl carbamates (subject to hydrolysis) is 1. The molecule has 0 saturated carbocycles. The Kier molecular flexibility index (Phi) is 12.8. The number of hydrogen-bond donors (Lipinski definition) is 6. The number of rotatable bonds is 14. The van der Waals surface area contributed by atoms with Crippen molar-refractivity contribution >= 4 is 35.3 Å². The summed E-state index contributed by atoms with van der Waals surface area (Å²) in [7, 11) is 1.24. The molecular weight excluding hydrogens is 773 g/mol. The highest BCUT2D eigenvalue weighted by Gasteiger charge is 2.37. The molecule has 0 unspecified atom stereocenters. The number of imidazole rings is 2. The summed E-state index contributed by atoms with van der Waals surface area (Å²) in [6.45, 7) is 6.29. The number of likely N-dealkylation sites (tertiary alicyclic amines) is 1. The van der Waals surface area contributed by atoms with Crippen LogP contribution in [0.3, 0.4) is 0 Å². The first-order valence-electron chi connectivity index (χ1n) is 18.7. The van der Waals surface area contributed by atoms with Crippen molar-refractivity contribution in [2.45, 2.75) is 58.1 Å². The van der Waals surface area contributed by atoms with Gasteiger partial charge in [-0.1, -0.05) is 38.1 Å². The van der Waals surface area contributed by atoms with E-state index < -0.39 is 30.2 Å². The number of nitrogens with zero attached hydrogens (tertiary/aromatic N) is 4. The quantitative estimate of drug-likeness (QED) is 0.0739. The molecule has 3 atom stereocenters. The Bertz CT molecular complexity index is 2250. The predicted octanol–water partition coefficient (Wildman–Crippen LogP) is 6.29. The van der Waals surface area contributed by atoms with E-state index in [-0.39, 0.29) is 46.6 Å². The zero-order valence-electron chi connectivity index (χ0n) is 32.5. The molecule has 0 bridgehead atoms. The largest absolute Gasteiger partial charge is 0.573 e. The average molecular weight is 817 g/mol. The van der Waals surface area contributed by atoms with Gasteiger partial charge in [-0.2, -0.15) is 0 Å². The molecule has 6 N–H and O–H groups in total. The van der Waals surface area contributed by atoms with Crippen molar-refractivity contribution in [1.82, 2.24) is 40.5 Å². The van der Waals surface area contributed by atoms with Gasteiger partial charge in [0.2, 0.25) is 5.91 Å². The number of carbonyl (C=O) groups is 4. The van der Waals surface area contributed by atoms with Crippen LogP contribution in [0.2, 0.25) is 0 Å². The number of amides is 4. The maximum absolute atomic E-state index is 13.6. The number of pyridine rings is 1. The molecule has 1 fully saturated rings. The fourth-order valence-electron chi connectivity index (χ4n) is 6.55. The van der Waals surface area contributed by atoms with Crippen molar-refractivity contribution in [2.24, 2.45) is 5.92 Å². The zero-order chi connectivity index (χ0) is 42.3. The fourth-order valence-corrected chi connectivity index (χ4v) is 6.55.